The van der Waals surface area contributed by atoms with Crippen LogP contribution in [0.25, 0.3) is 5.57 Å². The quantitative estimate of drug-likeness (QED) is 0.801. The highest BCUT2D eigenvalue weighted by molar-refractivity contribution is 7.89. The minimum Gasteiger partial charge on any atom is -0.392 e. The Kier molecular flexibility index (Phi) is 4.95. The summed E-state index contributed by atoms with van der Waals surface area (Å²) in [5, 5.41) is 9.76. The molecule has 1 N–H and O–H groups in total. The van der Waals surface area contributed by atoms with Gasteiger partial charge in [-0.05, 0) is 59.9 Å². The molecule has 6 heteroatoms. The zero-order valence-electron chi connectivity index (χ0n) is 15.6. The number of fused-ring (bicyclic) bond motifs is 1. The third kappa shape index (κ3) is 3.32. The molecule has 0 aromatic heterocycles. The monoisotopic (exact) mass is 399 g/mol. The van der Waals surface area contributed by atoms with Crippen LogP contribution < -0.4 is 0 Å². The van der Waals surface area contributed by atoms with E-state index in [-0.39, 0.29) is 29.8 Å². The Bertz CT molecular complexity index is 1050. The SMILES string of the molecule is Cc1ccc(S(=O)(=O)N2CC3=C(c4ccc(F)cc4)CC=C(CO)C3C2)cc1. The van der Waals surface area contributed by atoms with Crippen LogP contribution in [-0.4, -0.2) is 37.5 Å². The highest BCUT2D eigenvalue weighted by Gasteiger charge is 2.39. The van der Waals surface area contributed by atoms with Gasteiger partial charge < -0.3 is 5.11 Å². The maximum Gasteiger partial charge on any atom is 0.243 e. The van der Waals surface area contributed by atoms with Crippen LogP contribution >= 0.6 is 0 Å². The number of sulfonamides is 1. The molecule has 0 bridgehead atoms. The molecule has 28 heavy (non-hydrogen) atoms. The van der Waals surface area contributed by atoms with Crippen molar-refractivity contribution in [2.75, 3.05) is 19.7 Å². The van der Waals surface area contributed by atoms with Gasteiger partial charge in [-0.2, -0.15) is 4.31 Å². The van der Waals surface area contributed by atoms with E-state index in [4.69, 9.17) is 0 Å². The number of halogens is 1. The molecule has 0 saturated carbocycles. The van der Waals surface area contributed by atoms with E-state index in [2.05, 4.69) is 0 Å². The molecule has 1 aliphatic heterocycles. The second-order valence-corrected chi connectivity index (χ2v) is 9.25. The molecule has 2 aliphatic rings. The molecule has 1 atom stereocenters. The van der Waals surface area contributed by atoms with E-state index in [0.717, 1.165) is 27.8 Å². The summed E-state index contributed by atoms with van der Waals surface area (Å²) >= 11 is 0. The molecule has 4 rings (SSSR count). The average molecular weight is 399 g/mol. The van der Waals surface area contributed by atoms with Crippen LogP contribution in [0.15, 0.2) is 70.6 Å². The van der Waals surface area contributed by atoms with Gasteiger partial charge in [-0.3, -0.25) is 0 Å². The van der Waals surface area contributed by atoms with Crippen LogP contribution in [0.4, 0.5) is 4.39 Å². The summed E-state index contributed by atoms with van der Waals surface area (Å²) in [6.07, 6.45) is 2.57. The lowest BCUT2D eigenvalue weighted by atomic mass is 9.81. The number of aryl methyl sites for hydroxylation is 1. The highest BCUT2D eigenvalue weighted by Crippen LogP contribution is 2.42. The maximum atomic E-state index is 13.3. The smallest absolute Gasteiger partial charge is 0.243 e. The minimum absolute atomic E-state index is 0.0940. The van der Waals surface area contributed by atoms with Gasteiger partial charge in [0.1, 0.15) is 5.82 Å². The molecule has 1 fully saturated rings. The zero-order valence-corrected chi connectivity index (χ0v) is 16.4. The van der Waals surface area contributed by atoms with E-state index >= 15 is 0 Å². The molecular formula is C22H22FNO3S. The summed E-state index contributed by atoms with van der Waals surface area (Å²) in [6.45, 7) is 2.41. The van der Waals surface area contributed by atoms with Crippen LogP contribution in [0.5, 0.6) is 0 Å². The third-order valence-electron chi connectivity index (χ3n) is 5.59. The molecule has 1 heterocycles. The van der Waals surface area contributed by atoms with Crippen LogP contribution in [-0.2, 0) is 10.0 Å². The lowest BCUT2D eigenvalue weighted by Gasteiger charge is -2.23. The Labute approximate surface area is 164 Å². The van der Waals surface area contributed by atoms with E-state index in [0.29, 0.717) is 13.0 Å². The summed E-state index contributed by atoms with van der Waals surface area (Å²) in [6, 6.07) is 13.1. The normalized spacial score (nSPS) is 20.2. The van der Waals surface area contributed by atoms with Gasteiger partial charge in [0, 0.05) is 19.0 Å². The number of hydrogen-bond donors (Lipinski definition) is 1. The Morgan fingerprint density at radius 2 is 1.79 bits per heavy atom. The van der Waals surface area contributed by atoms with Crippen molar-refractivity contribution in [2.24, 2.45) is 5.92 Å². The predicted octanol–water partition coefficient (Wildman–Crippen LogP) is 3.53. The largest absolute Gasteiger partial charge is 0.392 e. The standard InChI is InChI=1S/C22H22FNO3S/c1-15-2-9-19(10-3-15)28(26,27)24-12-21-17(14-25)6-11-20(22(21)13-24)16-4-7-18(23)8-5-16/h2-10,21,25H,11-14H2,1H3. The Morgan fingerprint density at radius 3 is 2.43 bits per heavy atom. The van der Waals surface area contributed by atoms with E-state index < -0.39 is 10.0 Å². The van der Waals surface area contributed by atoms with Crippen LogP contribution in [0.3, 0.4) is 0 Å². The van der Waals surface area contributed by atoms with Gasteiger partial charge in [0.05, 0.1) is 11.5 Å². The topological polar surface area (TPSA) is 57.6 Å². The molecular weight excluding hydrogens is 377 g/mol. The van der Waals surface area contributed by atoms with Crippen molar-refractivity contribution in [3.8, 4) is 0 Å². The van der Waals surface area contributed by atoms with Gasteiger partial charge in [0.15, 0.2) is 0 Å². The first-order valence-corrected chi connectivity index (χ1v) is 10.7. The number of benzene rings is 2. The molecule has 2 aromatic carbocycles. The molecule has 0 radical (unpaired) electrons. The summed E-state index contributed by atoms with van der Waals surface area (Å²) in [7, 11) is -3.63. The fraction of sp³-hybridized carbons (Fsp3) is 0.273. The van der Waals surface area contributed by atoms with Gasteiger partial charge in [-0.25, -0.2) is 12.8 Å². The van der Waals surface area contributed by atoms with Gasteiger partial charge >= 0.3 is 0 Å². The van der Waals surface area contributed by atoms with E-state index in [9.17, 15) is 17.9 Å². The molecule has 0 spiro atoms. The van der Waals surface area contributed by atoms with E-state index in [1.54, 1.807) is 36.4 Å². The second kappa shape index (κ2) is 7.28. The first kappa shape index (κ1) is 19.1. The summed E-state index contributed by atoms with van der Waals surface area (Å²) in [4.78, 5) is 0.273. The molecule has 4 nitrogen and oxygen atoms in total. The second-order valence-electron chi connectivity index (χ2n) is 7.32. The molecule has 0 amide bonds. The van der Waals surface area contributed by atoms with Crippen LogP contribution in [0, 0.1) is 18.7 Å². The third-order valence-corrected chi connectivity index (χ3v) is 7.42. The molecule has 1 saturated heterocycles. The maximum absolute atomic E-state index is 13.3. The molecule has 1 aliphatic carbocycles. The van der Waals surface area contributed by atoms with Crippen LogP contribution in [0.1, 0.15) is 17.5 Å². The van der Waals surface area contributed by atoms with E-state index in [1.807, 2.05) is 13.0 Å². The first-order chi connectivity index (χ1) is 13.4. The van der Waals surface area contributed by atoms with Crippen molar-refractivity contribution in [3.63, 3.8) is 0 Å². The van der Waals surface area contributed by atoms with Crippen molar-refractivity contribution in [2.45, 2.75) is 18.2 Å². The van der Waals surface area contributed by atoms with Gasteiger partial charge in [0.2, 0.25) is 10.0 Å². The number of allylic oxidation sites excluding steroid dienone is 2. The first-order valence-electron chi connectivity index (χ1n) is 9.24. The Hall–Kier alpha value is -2.28. The molecule has 1 unspecified atom stereocenters. The van der Waals surface area contributed by atoms with Crippen molar-refractivity contribution in [3.05, 3.63) is 82.7 Å². The fourth-order valence-electron chi connectivity index (χ4n) is 4.00. The average Bonchev–Trinajstić information content (AvgIpc) is 3.15. The molecule has 146 valence electrons. The predicted molar refractivity (Wildman–Crippen MR) is 107 cm³/mol. The summed E-state index contributed by atoms with van der Waals surface area (Å²) in [5.74, 6) is -0.442. The number of aliphatic hydroxyl groups excluding tert-OH is 1. The van der Waals surface area contributed by atoms with Crippen LogP contribution in [0.2, 0.25) is 0 Å². The highest BCUT2D eigenvalue weighted by atomic mass is 32.2. The summed E-state index contributed by atoms with van der Waals surface area (Å²) in [5.41, 5.74) is 4.75. The lowest BCUT2D eigenvalue weighted by Crippen LogP contribution is -2.29. The fourth-order valence-corrected chi connectivity index (χ4v) is 5.44. The number of hydrogen-bond acceptors (Lipinski definition) is 3. The van der Waals surface area contributed by atoms with Gasteiger partial charge in [-0.1, -0.05) is 35.9 Å². The number of nitrogens with zero attached hydrogens (tertiary/aromatic N) is 1. The lowest BCUT2D eigenvalue weighted by molar-refractivity contribution is 0.316. The zero-order chi connectivity index (χ0) is 19.9. The van der Waals surface area contributed by atoms with Crippen molar-refractivity contribution in [1.29, 1.82) is 0 Å². The van der Waals surface area contributed by atoms with Crippen molar-refractivity contribution in [1.82, 2.24) is 4.31 Å². The summed E-state index contributed by atoms with van der Waals surface area (Å²) < 4.78 is 41.1. The van der Waals surface area contributed by atoms with E-state index in [1.165, 1.54) is 16.4 Å². The van der Waals surface area contributed by atoms with Gasteiger partial charge in [-0.15, -0.1) is 0 Å². The van der Waals surface area contributed by atoms with Crippen molar-refractivity contribution < 1.29 is 17.9 Å². The minimum atomic E-state index is -3.63. The molecule has 2 aromatic rings. The number of rotatable bonds is 4. The van der Waals surface area contributed by atoms with Gasteiger partial charge in [0.25, 0.3) is 0 Å². The number of aliphatic hydroxyl groups is 1. The van der Waals surface area contributed by atoms with Crippen molar-refractivity contribution >= 4 is 15.6 Å². The Balaban J connectivity index is 1.73. The Morgan fingerprint density at radius 1 is 1.11 bits per heavy atom.